The molecule has 2 saturated heterocycles. The second-order valence-corrected chi connectivity index (χ2v) is 9.70. The van der Waals surface area contributed by atoms with Gasteiger partial charge in [-0.1, -0.05) is 60.1 Å². The predicted octanol–water partition coefficient (Wildman–Crippen LogP) is 2.89. The number of hydrogen-bond donors (Lipinski definition) is 2. The van der Waals surface area contributed by atoms with E-state index in [9.17, 15) is 5.11 Å². The van der Waals surface area contributed by atoms with Crippen molar-refractivity contribution in [3.63, 3.8) is 0 Å². The van der Waals surface area contributed by atoms with Crippen molar-refractivity contribution in [3.8, 4) is 28.4 Å². The van der Waals surface area contributed by atoms with Gasteiger partial charge in [-0.3, -0.25) is 0 Å². The Hall–Kier alpha value is -3.90. The largest absolute Gasteiger partial charge is 0.456 e. The molecular weight excluding hydrogens is 510 g/mol. The smallest absolute Gasteiger partial charge is 0.296 e. The highest BCUT2D eigenvalue weighted by Crippen LogP contribution is 2.33. The first kappa shape index (κ1) is 23.2. The third-order valence-electron chi connectivity index (χ3n) is 6.81. The van der Waals surface area contributed by atoms with Gasteiger partial charge in [0, 0.05) is 5.56 Å². The molecule has 0 bridgehead atoms. The molecule has 5 aromatic rings. The molecule has 2 N–H and O–H groups in total. The highest BCUT2D eigenvalue weighted by molar-refractivity contribution is 6.33. The third-order valence-corrected chi connectivity index (χ3v) is 7.10. The van der Waals surface area contributed by atoms with E-state index in [1.54, 1.807) is 10.9 Å². The standard InChI is InChI=1S/C26H22ClN7O4/c27-18-9-19-25(32-26(30-19)38-21-12-37-23-20(35)11-36-24(21)23)31-22(18)17-7-5-16(6-8-17)15-3-1-14(2-4-15)10-34-29-13-28-33-34/h1-9,13,20-21,23-24,35H,10-12H2,(H,30,31,32)/t20-,21-,23-,24-/m1/s1. The Morgan fingerprint density at radius 1 is 0.974 bits per heavy atom. The second-order valence-electron chi connectivity index (χ2n) is 9.29. The fourth-order valence-electron chi connectivity index (χ4n) is 4.89. The number of aliphatic hydroxyl groups excluding tert-OH is 1. The number of nitrogens with one attached hydrogen (secondary N) is 1. The van der Waals surface area contributed by atoms with Crippen molar-refractivity contribution < 1.29 is 19.3 Å². The lowest BCUT2D eigenvalue weighted by atomic mass is 10.0. The Morgan fingerprint density at radius 3 is 2.47 bits per heavy atom. The van der Waals surface area contributed by atoms with E-state index in [0.29, 0.717) is 41.0 Å². The summed E-state index contributed by atoms with van der Waals surface area (Å²) in [5, 5.41) is 22.1. The van der Waals surface area contributed by atoms with Crippen LogP contribution in [0.3, 0.4) is 0 Å². The number of rotatable bonds is 6. The molecule has 0 spiro atoms. The average Bonchev–Trinajstić information content (AvgIpc) is 3.72. The summed E-state index contributed by atoms with van der Waals surface area (Å²) < 4.78 is 17.2. The van der Waals surface area contributed by atoms with E-state index in [2.05, 4.69) is 49.6 Å². The number of tetrazole rings is 1. The summed E-state index contributed by atoms with van der Waals surface area (Å²) >= 11 is 6.60. The Kier molecular flexibility index (Phi) is 5.77. The molecular formula is C26H22ClN7O4. The summed E-state index contributed by atoms with van der Waals surface area (Å²) in [5.74, 6) is 0. The average molecular weight is 532 g/mol. The minimum absolute atomic E-state index is 0.238. The van der Waals surface area contributed by atoms with E-state index in [1.807, 2.05) is 24.3 Å². The minimum Gasteiger partial charge on any atom is -0.456 e. The molecule has 5 heterocycles. The first-order chi connectivity index (χ1) is 18.6. The lowest BCUT2D eigenvalue weighted by molar-refractivity contribution is 0.00706. The number of halogens is 1. The van der Waals surface area contributed by atoms with Gasteiger partial charge in [-0.15, -0.1) is 10.2 Å². The zero-order valence-corrected chi connectivity index (χ0v) is 20.7. The second kappa shape index (κ2) is 9.44. The predicted molar refractivity (Wildman–Crippen MR) is 137 cm³/mol. The van der Waals surface area contributed by atoms with E-state index in [-0.39, 0.29) is 24.9 Å². The number of ether oxygens (including phenoxy) is 3. The topological polar surface area (TPSA) is 133 Å². The molecule has 0 radical (unpaired) electrons. The van der Waals surface area contributed by atoms with Crippen LogP contribution in [-0.4, -0.2) is 77.9 Å². The van der Waals surface area contributed by atoms with Crippen molar-refractivity contribution >= 4 is 22.8 Å². The van der Waals surface area contributed by atoms with Gasteiger partial charge in [0.1, 0.15) is 18.3 Å². The lowest BCUT2D eigenvalue weighted by Gasteiger charge is -2.15. The van der Waals surface area contributed by atoms with Gasteiger partial charge in [-0.25, -0.2) is 4.98 Å². The molecule has 0 unspecified atom stereocenters. The van der Waals surface area contributed by atoms with Gasteiger partial charge in [0.25, 0.3) is 6.01 Å². The molecule has 0 aliphatic carbocycles. The van der Waals surface area contributed by atoms with Crippen LogP contribution >= 0.6 is 11.6 Å². The zero-order valence-electron chi connectivity index (χ0n) is 19.9. The number of fused-ring (bicyclic) bond motifs is 2. The maximum Gasteiger partial charge on any atom is 0.296 e. The van der Waals surface area contributed by atoms with E-state index < -0.39 is 6.10 Å². The molecule has 38 heavy (non-hydrogen) atoms. The van der Waals surface area contributed by atoms with Crippen LogP contribution in [-0.2, 0) is 16.0 Å². The monoisotopic (exact) mass is 531 g/mol. The van der Waals surface area contributed by atoms with Crippen LogP contribution in [0.15, 0.2) is 60.9 Å². The van der Waals surface area contributed by atoms with Crippen LogP contribution in [0, 0.1) is 0 Å². The van der Waals surface area contributed by atoms with Crippen molar-refractivity contribution in [2.75, 3.05) is 13.2 Å². The number of hydrogen-bond acceptors (Lipinski definition) is 9. The molecule has 2 fully saturated rings. The highest BCUT2D eigenvalue weighted by atomic mass is 35.5. The van der Waals surface area contributed by atoms with Crippen LogP contribution in [0.25, 0.3) is 33.5 Å². The maximum absolute atomic E-state index is 9.94. The Morgan fingerprint density at radius 2 is 1.71 bits per heavy atom. The number of imidazole rings is 1. The molecule has 12 heteroatoms. The molecule has 7 rings (SSSR count). The Labute approximate surface area is 221 Å². The first-order valence-electron chi connectivity index (χ1n) is 12.2. The molecule has 2 aliphatic heterocycles. The van der Waals surface area contributed by atoms with Gasteiger partial charge >= 0.3 is 0 Å². The third kappa shape index (κ3) is 4.29. The van der Waals surface area contributed by atoms with Crippen molar-refractivity contribution in [2.45, 2.75) is 31.0 Å². The maximum atomic E-state index is 9.94. The number of aromatic nitrogens is 7. The van der Waals surface area contributed by atoms with Crippen LogP contribution in [0.2, 0.25) is 5.02 Å². The van der Waals surface area contributed by atoms with Gasteiger partial charge in [0.05, 0.1) is 36.0 Å². The summed E-state index contributed by atoms with van der Waals surface area (Å²) in [5.41, 5.74) is 5.91. The van der Waals surface area contributed by atoms with Gasteiger partial charge in [0.2, 0.25) is 0 Å². The molecule has 11 nitrogen and oxygen atoms in total. The van der Waals surface area contributed by atoms with Crippen molar-refractivity contribution in [1.82, 2.24) is 35.2 Å². The summed E-state index contributed by atoms with van der Waals surface area (Å²) in [6, 6.07) is 18.4. The minimum atomic E-state index is -0.638. The van der Waals surface area contributed by atoms with Gasteiger partial charge < -0.3 is 24.3 Å². The van der Waals surface area contributed by atoms with Crippen LogP contribution in [0.4, 0.5) is 0 Å². The molecule has 2 aliphatic rings. The molecule has 0 amide bonds. The summed E-state index contributed by atoms with van der Waals surface area (Å²) in [7, 11) is 0. The first-order valence-corrected chi connectivity index (χ1v) is 12.5. The zero-order chi connectivity index (χ0) is 25.6. The summed E-state index contributed by atoms with van der Waals surface area (Å²) in [4.78, 5) is 13.8. The summed E-state index contributed by atoms with van der Waals surface area (Å²) in [6.45, 7) is 1.12. The van der Waals surface area contributed by atoms with Gasteiger partial charge in [-0.2, -0.15) is 9.78 Å². The van der Waals surface area contributed by atoms with E-state index in [1.165, 1.54) is 6.33 Å². The van der Waals surface area contributed by atoms with E-state index in [4.69, 9.17) is 30.8 Å². The number of H-pyrrole nitrogens is 1. The van der Waals surface area contributed by atoms with Crippen molar-refractivity contribution in [3.05, 3.63) is 71.5 Å². The fraction of sp³-hybridized carbons (Fsp3) is 0.269. The number of aromatic amines is 1. The van der Waals surface area contributed by atoms with Crippen LogP contribution < -0.4 is 4.74 Å². The SMILES string of the molecule is O[C@@H]1CO[C@H]2[C@@H]1OC[C@H]2Oc1nc2nc(-c3ccc(-c4ccc(Cn5ncnn5)cc4)cc3)c(Cl)cc2[nH]1. The lowest BCUT2D eigenvalue weighted by Crippen LogP contribution is -2.34. The Balaban J connectivity index is 1.09. The number of benzene rings is 2. The molecule has 4 atom stereocenters. The molecule has 0 saturated carbocycles. The van der Waals surface area contributed by atoms with Gasteiger partial charge in [-0.05, 0) is 28.0 Å². The van der Waals surface area contributed by atoms with Crippen molar-refractivity contribution in [2.24, 2.45) is 0 Å². The van der Waals surface area contributed by atoms with E-state index in [0.717, 1.165) is 22.3 Å². The van der Waals surface area contributed by atoms with Crippen LogP contribution in [0.1, 0.15) is 5.56 Å². The normalized spacial score (nSPS) is 22.7. The number of pyridine rings is 1. The fourth-order valence-corrected chi connectivity index (χ4v) is 5.15. The number of aliphatic hydroxyl groups is 1. The van der Waals surface area contributed by atoms with Crippen LogP contribution in [0.5, 0.6) is 6.01 Å². The molecule has 192 valence electrons. The molecule has 2 aromatic carbocycles. The molecule has 3 aromatic heterocycles. The highest BCUT2D eigenvalue weighted by Gasteiger charge is 2.48. The van der Waals surface area contributed by atoms with E-state index >= 15 is 0 Å². The summed E-state index contributed by atoms with van der Waals surface area (Å²) in [6.07, 6.45) is -0.285. The van der Waals surface area contributed by atoms with Gasteiger partial charge in [0.15, 0.2) is 18.1 Å². The number of nitrogens with zero attached hydrogens (tertiary/aromatic N) is 6. The quantitative estimate of drug-likeness (QED) is 0.339. The van der Waals surface area contributed by atoms with Crippen molar-refractivity contribution in [1.29, 1.82) is 0 Å². The Bertz CT molecular complexity index is 1570.